The number of carbonyl (C=O) groups excluding carboxylic acids is 1. The quantitative estimate of drug-likeness (QED) is 0.275. The Kier molecular flexibility index (Phi) is 8.41. The lowest BCUT2D eigenvalue weighted by Crippen LogP contribution is -2.37. The molecule has 3 N–H and O–H groups in total. The minimum absolute atomic E-state index is 0.0545. The molecule has 0 aromatic heterocycles. The molecule has 1 aliphatic rings. The average Bonchev–Trinajstić information content (AvgIpc) is 3.13. The highest BCUT2D eigenvalue weighted by Gasteiger charge is 2.42. The van der Waals surface area contributed by atoms with Crippen LogP contribution in [0.25, 0.3) is 10.8 Å². The second-order valence-electron chi connectivity index (χ2n) is 8.67. The molecule has 3 aromatic carbocycles. The summed E-state index contributed by atoms with van der Waals surface area (Å²) in [6.07, 6.45) is -3.87. The molecule has 10 heteroatoms. The molecule has 192 valence electrons. The Bertz CT molecular complexity index is 1220. The molecular weight excluding hydrogens is 485 g/mol. The van der Waals surface area contributed by atoms with E-state index in [0.29, 0.717) is 5.39 Å². The maximum atomic E-state index is 13.9. The lowest BCUT2D eigenvalue weighted by molar-refractivity contribution is -0.146. The molecular formula is C26H30NO8P. The first-order chi connectivity index (χ1) is 17.3. The fourth-order valence-corrected chi connectivity index (χ4v) is 5.40. The van der Waals surface area contributed by atoms with Crippen LogP contribution in [0.1, 0.15) is 19.4 Å². The Morgan fingerprint density at radius 3 is 2.44 bits per heavy atom. The Morgan fingerprint density at radius 2 is 1.72 bits per heavy atom. The van der Waals surface area contributed by atoms with E-state index in [1.165, 1.54) is 6.92 Å². The fraction of sp³-hybridized carbons (Fsp3) is 0.346. The van der Waals surface area contributed by atoms with Gasteiger partial charge in [-0.3, -0.25) is 9.32 Å². The molecule has 1 saturated heterocycles. The van der Waals surface area contributed by atoms with E-state index in [-0.39, 0.29) is 19.0 Å². The Balaban J connectivity index is 1.50. The summed E-state index contributed by atoms with van der Waals surface area (Å²) in [6.45, 7) is 2.81. The van der Waals surface area contributed by atoms with Crippen molar-refractivity contribution in [2.75, 3.05) is 6.61 Å². The van der Waals surface area contributed by atoms with Crippen molar-refractivity contribution >= 4 is 24.5 Å². The maximum absolute atomic E-state index is 13.9. The van der Waals surface area contributed by atoms with Crippen molar-refractivity contribution in [1.82, 2.24) is 5.09 Å². The molecule has 0 amide bonds. The van der Waals surface area contributed by atoms with Crippen LogP contribution in [0, 0.1) is 0 Å². The molecule has 1 aliphatic heterocycles. The van der Waals surface area contributed by atoms with Crippen molar-refractivity contribution in [2.24, 2.45) is 0 Å². The van der Waals surface area contributed by atoms with E-state index in [0.717, 1.165) is 10.9 Å². The highest BCUT2D eigenvalue weighted by molar-refractivity contribution is 7.52. The van der Waals surface area contributed by atoms with Gasteiger partial charge < -0.3 is 24.2 Å². The van der Waals surface area contributed by atoms with Gasteiger partial charge in [0.25, 0.3) is 0 Å². The van der Waals surface area contributed by atoms with Crippen molar-refractivity contribution < 1.29 is 38.1 Å². The van der Waals surface area contributed by atoms with Crippen molar-refractivity contribution in [3.63, 3.8) is 0 Å². The molecule has 0 radical (unpaired) electrons. The number of esters is 1. The zero-order valence-electron chi connectivity index (χ0n) is 20.0. The van der Waals surface area contributed by atoms with Gasteiger partial charge in [-0.05, 0) is 30.9 Å². The van der Waals surface area contributed by atoms with Gasteiger partial charge in [0.05, 0.1) is 12.7 Å². The van der Waals surface area contributed by atoms with E-state index in [1.807, 2.05) is 60.7 Å². The summed E-state index contributed by atoms with van der Waals surface area (Å²) in [6, 6.07) is 20.8. The summed E-state index contributed by atoms with van der Waals surface area (Å²) in [5.74, 6) is -0.361. The topological polar surface area (TPSA) is 124 Å². The van der Waals surface area contributed by atoms with Crippen LogP contribution in [-0.2, 0) is 30.0 Å². The molecule has 0 spiro atoms. The zero-order chi connectivity index (χ0) is 25.7. The highest BCUT2D eigenvalue weighted by Crippen LogP contribution is 2.47. The number of hydrogen-bond donors (Lipinski definition) is 3. The Morgan fingerprint density at radius 1 is 1.03 bits per heavy atom. The fourth-order valence-electron chi connectivity index (χ4n) is 3.88. The number of rotatable bonds is 10. The predicted molar refractivity (Wildman–Crippen MR) is 133 cm³/mol. The van der Waals surface area contributed by atoms with E-state index in [1.54, 1.807) is 19.1 Å². The van der Waals surface area contributed by atoms with Gasteiger partial charge in [0, 0.05) is 5.39 Å². The van der Waals surface area contributed by atoms with E-state index >= 15 is 0 Å². The number of aliphatic hydroxyl groups is 2. The standard InChI is InChI=1S/C26H30NO8P/c1-17(26(30)32-15-19-9-4-3-5-10-19)27-36(31,33-16-23-25(29)24(28)18(2)34-23)35-22-14-8-12-20-11-6-7-13-21(20)22/h3-14,17-18,23-25,28-29H,15-16H2,1-2H3,(H,27,31)/t17-,18-,23+,24+,25?,36?/m0/s1. The van der Waals surface area contributed by atoms with Crippen LogP contribution in [-0.4, -0.2) is 53.2 Å². The molecule has 36 heavy (non-hydrogen) atoms. The summed E-state index contributed by atoms with van der Waals surface area (Å²) in [4.78, 5) is 12.6. The molecule has 1 fully saturated rings. The van der Waals surface area contributed by atoms with Gasteiger partial charge in [-0.15, -0.1) is 0 Å². The maximum Gasteiger partial charge on any atom is 0.459 e. The molecule has 4 rings (SSSR count). The van der Waals surface area contributed by atoms with E-state index in [9.17, 15) is 19.6 Å². The third-order valence-corrected chi connectivity index (χ3v) is 7.54. The largest absolute Gasteiger partial charge is 0.460 e. The van der Waals surface area contributed by atoms with Crippen molar-refractivity contribution in [3.05, 3.63) is 78.4 Å². The van der Waals surface area contributed by atoms with Gasteiger partial charge in [-0.1, -0.05) is 66.7 Å². The monoisotopic (exact) mass is 515 g/mol. The first-order valence-corrected chi connectivity index (χ1v) is 13.2. The van der Waals surface area contributed by atoms with Gasteiger partial charge in [0.2, 0.25) is 0 Å². The molecule has 6 atom stereocenters. The number of aliphatic hydroxyl groups excluding tert-OH is 2. The number of ether oxygens (including phenoxy) is 2. The van der Waals surface area contributed by atoms with Crippen molar-refractivity contribution in [2.45, 2.75) is 50.9 Å². The van der Waals surface area contributed by atoms with Crippen LogP contribution < -0.4 is 9.61 Å². The Labute approximate surface area is 209 Å². The summed E-state index contributed by atoms with van der Waals surface area (Å²) >= 11 is 0. The van der Waals surface area contributed by atoms with E-state index in [2.05, 4.69) is 5.09 Å². The molecule has 1 heterocycles. The minimum Gasteiger partial charge on any atom is -0.460 e. The normalized spacial score (nSPS) is 24.2. The van der Waals surface area contributed by atoms with Crippen molar-refractivity contribution in [3.8, 4) is 5.75 Å². The third-order valence-electron chi connectivity index (χ3n) is 5.91. The van der Waals surface area contributed by atoms with E-state index in [4.69, 9.17) is 18.5 Å². The number of benzene rings is 3. The second-order valence-corrected chi connectivity index (χ2v) is 10.4. The van der Waals surface area contributed by atoms with Crippen LogP contribution in [0.5, 0.6) is 5.75 Å². The van der Waals surface area contributed by atoms with Gasteiger partial charge in [-0.2, -0.15) is 5.09 Å². The lowest BCUT2D eigenvalue weighted by atomic mass is 10.1. The summed E-state index contributed by atoms with van der Waals surface area (Å²) < 4.78 is 36.2. The smallest absolute Gasteiger partial charge is 0.459 e. The lowest BCUT2D eigenvalue weighted by Gasteiger charge is -2.25. The first kappa shape index (κ1) is 26.3. The molecule has 0 saturated carbocycles. The predicted octanol–water partition coefficient (Wildman–Crippen LogP) is 3.57. The number of carbonyl (C=O) groups is 1. The number of fused-ring (bicyclic) bond motifs is 1. The number of nitrogens with one attached hydrogen (secondary N) is 1. The van der Waals surface area contributed by atoms with Crippen LogP contribution in [0.4, 0.5) is 0 Å². The zero-order valence-corrected chi connectivity index (χ0v) is 20.9. The van der Waals surface area contributed by atoms with E-state index < -0.39 is 44.2 Å². The summed E-state index contributed by atoms with van der Waals surface area (Å²) in [7, 11) is -4.19. The average molecular weight is 515 g/mol. The van der Waals surface area contributed by atoms with Crippen LogP contribution in [0.2, 0.25) is 0 Å². The minimum atomic E-state index is -4.19. The van der Waals surface area contributed by atoms with Gasteiger partial charge in [0.15, 0.2) is 0 Å². The second kappa shape index (κ2) is 11.5. The number of hydrogen-bond acceptors (Lipinski definition) is 8. The highest BCUT2D eigenvalue weighted by atomic mass is 31.2. The summed E-state index contributed by atoms with van der Waals surface area (Å²) in [5, 5.41) is 24.4. The first-order valence-electron chi connectivity index (χ1n) is 11.7. The van der Waals surface area contributed by atoms with Crippen LogP contribution in [0.15, 0.2) is 72.8 Å². The van der Waals surface area contributed by atoms with Gasteiger partial charge >= 0.3 is 13.7 Å². The SMILES string of the molecule is C[C@H](NP(=O)(OC[C@H]1O[C@@H](C)[C@@H](O)C1O)Oc1cccc2ccccc12)C(=O)OCc1ccccc1. The van der Waals surface area contributed by atoms with Crippen molar-refractivity contribution in [1.29, 1.82) is 0 Å². The summed E-state index contributed by atoms with van der Waals surface area (Å²) in [5.41, 5.74) is 0.810. The van der Waals surface area contributed by atoms with Gasteiger partial charge in [-0.25, -0.2) is 4.57 Å². The third kappa shape index (κ3) is 6.31. The van der Waals surface area contributed by atoms with Crippen LogP contribution in [0.3, 0.4) is 0 Å². The molecule has 9 nitrogen and oxygen atoms in total. The van der Waals surface area contributed by atoms with Gasteiger partial charge in [0.1, 0.15) is 36.7 Å². The Hall–Kier alpha value is -2.78. The molecule has 0 bridgehead atoms. The molecule has 3 aromatic rings. The molecule has 2 unspecified atom stereocenters. The van der Waals surface area contributed by atoms with Crippen LogP contribution >= 0.6 is 7.75 Å². The molecule has 0 aliphatic carbocycles.